The molecule has 8 heteroatoms. The van der Waals surface area contributed by atoms with E-state index in [9.17, 15) is 19.1 Å². The lowest BCUT2D eigenvalue weighted by molar-refractivity contribution is -0.387. The smallest absolute Gasteiger partial charge is 0.285 e. The van der Waals surface area contributed by atoms with Gasteiger partial charge in [0.05, 0.1) is 15.7 Å². The molecule has 1 aliphatic rings. The Kier molecular flexibility index (Phi) is 5.03. The van der Waals surface area contributed by atoms with Gasteiger partial charge < -0.3 is 9.80 Å². The maximum atomic E-state index is 12.2. The molecule has 114 valence electrons. The summed E-state index contributed by atoms with van der Waals surface area (Å²) < 4.78 is 12.2. The lowest BCUT2D eigenvalue weighted by atomic mass is 10.3. The highest BCUT2D eigenvalue weighted by atomic mass is 32.2. The van der Waals surface area contributed by atoms with E-state index in [2.05, 4.69) is 4.90 Å². The number of hydrogen-bond acceptors (Lipinski definition) is 5. The van der Waals surface area contributed by atoms with Gasteiger partial charge in [-0.15, -0.1) is 0 Å². The highest BCUT2D eigenvalue weighted by molar-refractivity contribution is 7.86. The Labute approximate surface area is 125 Å². The van der Waals surface area contributed by atoms with Gasteiger partial charge >= 0.3 is 0 Å². The van der Waals surface area contributed by atoms with Crippen molar-refractivity contribution in [3.8, 4) is 0 Å². The number of nitro groups is 1. The Morgan fingerprint density at radius 2 is 1.90 bits per heavy atom. The van der Waals surface area contributed by atoms with Crippen molar-refractivity contribution in [3.63, 3.8) is 0 Å². The van der Waals surface area contributed by atoms with E-state index in [0.29, 0.717) is 13.1 Å². The summed E-state index contributed by atoms with van der Waals surface area (Å²) in [6.45, 7) is 2.76. The van der Waals surface area contributed by atoms with Crippen molar-refractivity contribution in [1.82, 2.24) is 9.80 Å². The van der Waals surface area contributed by atoms with E-state index in [4.69, 9.17) is 0 Å². The van der Waals surface area contributed by atoms with Crippen molar-refractivity contribution in [2.75, 3.05) is 39.0 Å². The number of likely N-dealkylation sites (N-methyl/N-ethyl adjacent to an activating group) is 1. The summed E-state index contributed by atoms with van der Waals surface area (Å²) in [5.74, 6) is -0.436. The molecule has 1 aromatic carbocycles. The summed E-state index contributed by atoms with van der Waals surface area (Å²) in [6.07, 6.45) is 0. The van der Waals surface area contributed by atoms with Crippen molar-refractivity contribution in [2.45, 2.75) is 4.90 Å². The van der Waals surface area contributed by atoms with Gasteiger partial charge in [-0.3, -0.25) is 19.1 Å². The molecule has 0 spiro atoms. The van der Waals surface area contributed by atoms with Gasteiger partial charge in [-0.1, -0.05) is 12.1 Å². The third-order valence-electron chi connectivity index (χ3n) is 3.42. The number of nitrogens with zero attached hydrogens (tertiary/aromatic N) is 3. The van der Waals surface area contributed by atoms with Crippen LogP contribution in [0.1, 0.15) is 0 Å². The number of hydrogen-bond donors (Lipinski definition) is 0. The van der Waals surface area contributed by atoms with Crippen LogP contribution >= 0.6 is 0 Å². The van der Waals surface area contributed by atoms with Crippen LogP contribution in [-0.4, -0.2) is 63.8 Å². The van der Waals surface area contributed by atoms with Crippen LogP contribution in [0.5, 0.6) is 0 Å². The minimum atomic E-state index is -1.70. The first kappa shape index (κ1) is 15.6. The van der Waals surface area contributed by atoms with Crippen LogP contribution in [0.25, 0.3) is 0 Å². The predicted octanol–water partition coefficient (Wildman–Crippen LogP) is 0.476. The monoisotopic (exact) mass is 311 g/mol. The summed E-state index contributed by atoms with van der Waals surface area (Å²) in [5, 5.41) is 10.9. The first-order valence-electron chi connectivity index (χ1n) is 6.57. The average Bonchev–Trinajstić information content (AvgIpc) is 2.47. The molecule has 0 saturated carbocycles. The maximum absolute atomic E-state index is 12.2. The SMILES string of the molecule is CN1CCN(C(=O)CS(=O)c2ccccc2[N+](=O)[O-])CC1. The number of carbonyl (C=O) groups is 1. The van der Waals surface area contributed by atoms with E-state index >= 15 is 0 Å². The number of carbonyl (C=O) groups excluding carboxylic acids is 1. The van der Waals surface area contributed by atoms with E-state index in [1.165, 1.54) is 18.2 Å². The van der Waals surface area contributed by atoms with E-state index in [1.807, 2.05) is 7.05 Å². The minimum absolute atomic E-state index is 0.102. The first-order chi connectivity index (χ1) is 9.99. The van der Waals surface area contributed by atoms with Gasteiger partial charge in [-0.05, 0) is 13.1 Å². The summed E-state index contributed by atoms with van der Waals surface area (Å²) in [5.41, 5.74) is -0.206. The Hall–Kier alpha value is -1.80. The molecule has 2 rings (SSSR count). The molecule has 0 aromatic heterocycles. The second-order valence-corrected chi connectivity index (χ2v) is 6.32. The second kappa shape index (κ2) is 6.77. The number of nitro benzene ring substituents is 1. The van der Waals surface area contributed by atoms with Crippen molar-refractivity contribution >= 4 is 22.4 Å². The second-order valence-electron chi connectivity index (χ2n) is 4.90. The van der Waals surface area contributed by atoms with E-state index in [0.717, 1.165) is 13.1 Å². The lowest BCUT2D eigenvalue weighted by Gasteiger charge is -2.32. The molecule has 1 unspecified atom stereocenters. The molecule has 0 aliphatic carbocycles. The standard InChI is InChI=1S/C13H17N3O4S/c1-14-6-8-15(9-7-14)13(17)10-21(20)12-5-3-2-4-11(12)16(18)19/h2-5H,6-10H2,1H3. The topological polar surface area (TPSA) is 83.8 Å². The van der Waals surface area contributed by atoms with Crippen LogP contribution in [0.15, 0.2) is 29.2 Å². The number of piperazine rings is 1. The van der Waals surface area contributed by atoms with Gasteiger partial charge in [0.2, 0.25) is 5.91 Å². The number of rotatable bonds is 4. The van der Waals surface area contributed by atoms with Crippen molar-refractivity contribution < 1.29 is 13.9 Å². The first-order valence-corrected chi connectivity index (χ1v) is 7.89. The molecule has 21 heavy (non-hydrogen) atoms. The highest BCUT2D eigenvalue weighted by Gasteiger charge is 2.24. The molecule has 1 fully saturated rings. The van der Waals surface area contributed by atoms with Crippen molar-refractivity contribution in [1.29, 1.82) is 0 Å². The molecule has 1 amide bonds. The molecular formula is C13H17N3O4S. The van der Waals surface area contributed by atoms with Crippen LogP contribution in [0.2, 0.25) is 0 Å². The summed E-state index contributed by atoms with van der Waals surface area (Å²) >= 11 is 0. The molecule has 1 aliphatic heterocycles. The Morgan fingerprint density at radius 3 is 2.52 bits per heavy atom. The van der Waals surface area contributed by atoms with Gasteiger partial charge in [0.15, 0.2) is 0 Å². The van der Waals surface area contributed by atoms with Gasteiger partial charge in [-0.25, -0.2) is 0 Å². The Morgan fingerprint density at radius 1 is 1.29 bits per heavy atom. The van der Waals surface area contributed by atoms with Crippen LogP contribution in [0.3, 0.4) is 0 Å². The van der Waals surface area contributed by atoms with Crippen LogP contribution in [-0.2, 0) is 15.6 Å². The van der Waals surface area contributed by atoms with E-state index in [-0.39, 0.29) is 22.2 Å². The molecule has 1 heterocycles. The lowest BCUT2D eigenvalue weighted by Crippen LogP contribution is -2.48. The summed E-state index contributed by atoms with van der Waals surface area (Å²) in [6, 6.07) is 5.83. The quantitative estimate of drug-likeness (QED) is 0.596. The highest BCUT2D eigenvalue weighted by Crippen LogP contribution is 2.21. The number of benzene rings is 1. The minimum Gasteiger partial charge on any atom is -0.339 e. The molecule has 0 bridgehead atoms. The number of para-hydroxylation sites is 1. The zero-order chi connectivity index (χ0) is 15.4. The van der Waals surface area contributed by atoms with Gasteiger partial charge in [0, 0.05) is 32.2 Å². The molecular weight excluding hydrogens is 294 g/mol. The summed E-state index contributed by atoms with van der Waals surface area (Å²) in [7, 11) is 0.277. The normalized spacial score (nSPS) is 17.5. The van der Waals surface area contributed by atoms with Crippen LogP contribution < -0.4 is 0 Å². The Balaban J connectivity index is 2.05. The van der Waals surface area contributed by atoms with Gasteiger partial charge in [-0.2, -0.15) is 0 Å². The molecule has 7 nitrogen and oxygen atoms in total. The molecule has 1 saturated heterocycles. The third-order valence-corrected chi connectivity index (χ3v) is 4.76. The molecule has 1 atom stereocenters. The van der Waals surface area contributed by atoms with Crippen molar-refractivity contribution in [2.24, 2.45) is 0 Å². The zero-order valence-electron chi connectivity index (χ0n) is 11.7. The molecule has 1 aromatic rings. The van der Waals surface area contributed by atoms with Crippen LogP contribution in [0, 0.1) is 10.1 Å². The molecule has 0 N–H and O–H groups in total. The predicted molar refractivity (Wildman–Crippen MR) is 78.4 cm³/mol. The van der Waals surface area contributed by atoms with Gasteiger partial charge in [0.25, 0.3) is 5.69 Å². The van der Waals surface area contributed by atoms with E-state index in [1.54, 1.807) is 11.0 Å². The zero-order valence-corrected chi connectivity index (χ0v) is 12.5. The fourth-order valence-electron chi connectivity index (χ4n) is 2.14. The maximum Gasteiger partial charge on any atom is 0.285 e. The van der Waals surface area contributed by atoms with Crippen molar-refractivity contribution in [3.05, 3.63) is 34.4 Å². The third kappa shape index (κ3) is 3.85. The molecule has 0 radical (unpaired) electrons. The summed E-state index contributed by atoms with van der Waals surface area (Å²) in [4.78, 5) is 26.3. The van der Waals surface area contributed by atoms with E-state index < -0.39 is 15.7 Å². The van der Waals surface area contributed by atoms with Crippen LogP contribution in [0.4, 0.5) is 5.69 Å². The fraction of sp³-hybridized carbons (Fsp3) is 0.462. The largest absolute Gasteiger partial charge is 0.339 e. The number of amides is 1. The Bertz CT molecular complexity index is 570. The van der Waals surface area contributed by atoms with Gasteiger partial charge in [0.1, 0.15) is 10.6 Å². The fourth-order valence-corrected chi connectivity index (χ4v) is 3.31. The average molecular weight is 311 g/mol.